The number of hydrogen-bond donors (Lipinski definition) is 0. The van der Waals surface area contributed by atoms with Gasteiger partial charge < -0.3 is 4.90 Å². The first kappa shape index (κ1) is 8.95. The van der Waals surface area contributed by atoms with Crippen molar-refractivity contribution in [3.8, 4) is 6.07 Å². The van der Waals surface area contributed by atoms with Crippen molar-refractivity contribution in [1.82, 2.24) is 9.97 Å². The average Bonchev–Trinajstić information content (AvgIpc) is 2.30. The minimum Gasteiger partial charge on any atom is -0.355 e. The largest absolute Gasteiger partial charge is 0.355 e. The van der Waals surface area contributed by atoms with Gasteiger partial charge in [-0.05, 0) is 19.3 Å². The van der Waals surface area contributed by atoms with Crippen LogP contribution in [0.4, 0.5) is 5.82 Å². The maximum atomic E-state index is 8.69. The van der Waals surface area contributed by atoms with Crippen LogP contribution < -0.4 is 4.90 Å². The smallest absolute Gasteiger partial charge is 0.161 e. The van der Waals surface area contributed by atoms with Crippen LogP contribution in [0.2, 0.25) is 0 Å². The zero-order chi connectivity index (χ0) is 9.80. The predicted molar refractivity (Wildman–Crippen MR) is 52.8 cm³/mol. The third kappa shape index (κ3) is 1.82. The summed E-state index contributed by atoms with van der Waals surface area (Å²) < 4.78 is 0. The van der Waals surface area contributed by atoms with Gasteiger partial charge in [-0.1, -0.05) is 0 Å². The quantitative estimate of drug-likeness (QED) is 0.667. The molecule has 0 unspecified atom stereocenters. The summed E-state index contributed by atoms with van der Waals surface area (Å²) in [5.41, 5.74) is 0.396. The minimum atomic E-state index is 0.396. The number of nitriles is 1. The third-order valence-electron chi connectivity index (χ3n) is 2.42. The molecule has 0 N–H and O–H groups in total. The lowest BCUT2D eigenvalue weighted by molar-refractivity contribution is 0.572. The van der Waals surface area contributed by atoms with Crippen molar-refractivity contribution in [3.05, 3.63) is 18.1 Å². The van der Waals surface area contributed by atoms with E-state index in [4.69, 9.17) is 5.26 Å². The van der Waals surface area contributed by atoms with E-state index in [1.165, 1.54) is 25.5 Å². The number of nitrogens with zero attached hydrogens (tertiary/aromatic N) is 4. The molecule has 1 aliphatic rings. The van der Waals surface area contributed by atoms with Crippen molar-refractivity contribution < 1.29 is 0 Å². The maximum absolute atomic E-state index is 8.69. The second kappa shape index (κ2) is 4.05. The second-order valence-electron chi connectivity index (χ2n) is 3.42. The van der Waals surface area contributed by atoms with Crippen molar-refractivity contribution in [2.45, 2.75) is 19.3 Å². The summed E-state index contributed by atoms with van der Waals surface area (Å²) in [7, 11) is 0. The lowest BCUT2D eigenvalue weighted by atomic mass is 10.1. The molecule has 2 rings (SSSR count). The van der Waals surface area contributed by atoms with E-state index in [0.29, 0.717) is 5.69 Å². The molecular formula is C10H12N4. The van der Waals surface area contributed by atoms with Gasteiger partial charge in [0.1, 0.15) is 11.9 Å². The molecule has 0 amide bonds. The number of anilines is 1. The summed E-state index contributed by atoms with van der Waals surface area (Å²) in [4.78, 5) is 10.4. The highest BCUT2D eigenvalue weighted by Gasteiger charge is 2.12. The highest BCUT2D eigenvalue weighted by molar-refractivity contribution is 5.38. The summed E-state index contributed by atoms with van der Waals surface area (Å²) in [6, 6.07) is 2.01. The fourth-order valence-electron chi connectivity index (χ4n) is 1.68. The third-order valence-corrected chi connectivity index (χ3v) is 2.42. The van der Waals surface area contributed by atoms with Gasteiger partial charge in [-0.3, -0.25) is 4.98 Å². The summed E-state index contributed by atoms with van der Waals surface area (Å²) in [6.07, 6.45) is 6.93. The van der Waals surface area contributed by atoms with Crippen LogP contribution in [0.15, 0.2) is 12.4 Å². The highest BCUT2D eigenvalue weighted by Crippen LogP contribution is 2.16. The Hall–Kier alpha value is -1.63. The first-order valence-electron chi connectivity index (χ1n) is 4.87. The standard InChI is InChI=1S/C10H12N4/c11-6-9-7-12-8-10(13-9)14-4-2-1-3-5-14/h7-8H,1-5H2. The number of piperidine rings is 1. The Morgan fingerprint density at radius 3 is 2.71 bits per heavy atom. The molecule has 0 atom stereocenters. The first-order chi connectivity index (χ1) is 6.90. The molecule has 1 saturated heterocycles. The summed E-state index contributed by atoms with van der Waals surface area (Å²) in [5, 5.41) is 8.69. The van der Waals surface area contributed by atoms with Crippen LogP contribution in [-0.2, 0) is 0 Å². The molecule has 0 saturated carbocycles. The van der Waals surface area contributed by atoms with Crippen LogP contribution in [0.1, 0.15) is 25.0 Å². The fraction of sp³-hybridized carbons (Fsp3) is 0.500. The van der Waals surface area contributed by atoms with Crippen LogP contribution >= 0.6 is 0 Å². The number of aromatic nitrogens is 2. The van der Waals surface area contributed by atoms with E-state index in [0.717, 1.165) is 18.9 Å². The van der Waals surface area contributed by atoms with E-state index in [-0.39, 0.29) is 0 Å². The summed E-state index contributed by atoms with van der Waals surface area (Å²) in [5.74, 6) is 0.837. The van der Waals surface area contributed by atoms with Crippen LogP contribution in [0.25, 0.3) is 0 Å². The zero-order valence-electron chi connectivity index (χ0n) is 7.98. The van der Waals surface area contributed by atoms with Crippen molar-refractivity contribution in [2.75, 3.05) is 18.0 Å². The van der Waals surface area contributed by atoms with Gasteiger partial charge in [-0.25, -0.2) is 4.98 Å². The molecule has 1 fully saturated rings. The molecule has 0 spiro atoms. The van der Waals surface area contributed by atoms with E-state index in [1.54, 1.807) is 6.20 Å². The van der Waals surface area contributed by atoms with Gasteiger partial charge in [-0.2, -0.15) is 5.26 Å². The monoisotopic (exact) mass is 188 g/mol. The Balaban J connectivity index is 2.18. The minimum absolute atomic E-state index is 0.396. The van der Waals surface area contributed by atoms with E-state index in [2.05, 4.69) is 14.9 Å². The van der Waals surface area contributed by atoms with E-state index in [1.807, 2.05) is 6.07 Å². The van der Waals surface area contributed by atoms with E-state index in [9.17, 15) is 0 Å². The van der Waals surface area contributed by atoms with Crippen LogP contribution in [-0.4, -0.2) is 23.1 Å². The predicted octanol–water partition coefficient (Wildman–Crippen LogP) is 1.34. The Morgan fingerprint density at radius 2 is 2.00 bits per heavy atom. The Labute approximate surface area is 83.2 Å². The van der Waals surface area contributed by atoms with Crippen molar-refractivity contribution in [3.63, 3.8) is 0 Å². The summed E-state index contributed by atoms with van der Waals surface area (Å²) in [6.45, 7) is 2.06. The molecule has 0 radical (unpaired) electrons. The fourth-order valence-corrected chi connectivity index (χ4v) is 1.68. The Morgan fingerprint density at radius 1 is 1.21 bits per heavy atom. The molecule has 72 valence electrons. The lowest BCUT2D eigenvalue weighted by Crippen LogP contribution is -2.30. The number of rotatable bonds is 1. The van der Waals surface area contributed by atoms with Crippen molar-refractivity contribution in [2.24, 2.45) is 0 Å². The van der Waals surface area contributed by atoms with E-state index < -0.39 is 0 Å². The molecule has 14 heavy (non-hydrogen) atoms. The van der Waals surface area contributed by atoms with Gasteiger partial charge in [0.25, 0.3) is 0 Å². The normalized spacial score (nSPS) is 16.4. The Kier molecular flexibility index (Phi) is 2.59. The molecule has 4 nitrogen and oxygen atoms in total. The van der Waals surface area contributed by atoms with Gasteiger partial charge in [0, 0.05) is 13.1 Å². The molecule has 0 bridgehead atoms. The van der Waals surface area contributed by atoms with Gasteiger partial charge in [-0.15, -0.1) is 0 Å². The second-order valence-corrected chi connectivity index (χ2v) is 3.42. The van der Waals surface area contributed by atoms with Gasteiger partial charge in [0.2, 0.25) is 0 Å². The van der Waals surface area contributed by atoms with Gasteiger partial charge in [0.15, 0.2) is 5.69 Å². The van der Waals surface area contributed by atoms with Crippen molar-refractivity contribution >= 4 is 5.82 Å². The topological polar surface area (TPSA) is 52.8 Å². The van der Waals surface area contributed by atoms with Crippen LogP contribution in [0.5, 0.6) is 0 Å². The Bertz CT molecular complexity index is 349. The molecule has 1 aromatic rings. The average molecular weight is 188 g/mol. The van der Waals surface area contributed by atoms with E-state index >= 15 is 0 Å². The van der Waals surface area contributed by atoms with Crippen LogP contribution in [0, 0.1) is 11.3 Å². The number of hydrogen-bond acceptors (Lipinski definition) is 4. The zero-order valence-corrected chi connectivity index (χ0v) is 7.98. The van der Waals surface area contributed by atoms with Gasteiger partial charge >= 0.3 is 0 Å². The summed E-state index contributed by atoms with van der Waals surface area (Å²) >= 11 is 0. The molecule has 0 aliphatic carbocycles. The van der Waals surface area contributed by atoms with Gasteiger partial charge in [0.05, 0.1) is 12.4 Å². The van der Waals surface area contributed by atoms with Crippen molar-refractivity contribution in [1.29, 1.82) is 5.26 Å². The SMILES string of the molecule is N#Cc1cncc(N2CCCCC2)n1. The molecule has 4 heteroatoms. The highest BCUT2D eigenvalue weighted by atomic mass is 15.2. The maximum Gasteiger partial charge on any atom is 0.161 e. The molecule has 1 aliphatic heterocycles. The first-order valence-corrected chi connectivity index (χ1v) is 4.87. The van der Waals surface area contributed by atoms with Crippen LogP contribution in [0.3, 0.4) is 0 Å². The molecule has 1 aromatic heterocycles. The lowest BCUT2D eigenvalue weighted by Gasteiger charge is -2.27. The molecule has 2 heterocycles. The molecule has 0 aromatic carbocycles. The molecular weight excluding hydrogens is 176 g/mol.